The van der Waals surface area contributed by atoms with E-state index in [0.717, 1.165) is 0 Å². The Bertz CT molecular complexity index is 667. The van der Waals surface area contributed by atoms with Crippen LogP contribution in [0.4, 0.5) is 0 Å². The number of hydrogen-bond acceptors (Lipinski definition) is 5. The van der Waals surface area contributed by atoms with Crippen molar-refractivity contribution in [3.8, 4) is 11.5 Å². The SMILES string of the molecule is O=C(N/N=C\c1cc(Cl)c2c(c1)OCO2)c1ccco1. The number of nitrogens with zero attached hydrogens (tertiary/aromatic N) is 1. The normalized spacial score (nSPS) is 12.8. The zero-order valence-electron chi connectivity index (χ0n) is 10.1. The molecule has 0 fully saturated rings. The predicted octanol–water partition coefficient (Wildman–Crippen LogP) is 2.43. The molecular weight excluding hydrogens is 284 g/mol. The van der Waals surface area contributed by atoms with E-state index in [9.17, 15) is 4.79 Å². The zero-order valence-corrected chi connectivity index (χ0v) is 10.9. The number of carbonyl (C=O) groups is 1. The molecule has 1 aromatic carbocycles. The van der Waals surface area contributed by atoms with Crippen LogP contribution in [0.15, 0.2) is 40.0 Å². The first kappa shape index (κ1) is 12.6. The molecule has 2 heterocycles. The molecule has 3 rings (SSSR count). The van der Waals surface area contributed by atoms with Gasteiger partial charge in [0.2, 0.25) is 6.79 Å². The third-order valence-electron chi connectivity index (χ3n) is 2.57. The van der Waals surface area contributed by atoms with Crippen molar-refractivity contribution in [3.05, 3.63) is 46.9 Å². The highest BCUT2D eigenvalue weighted by atomic mass is 35.5. The second-order valence-electron chi connectivity index (χ2n) is 3.91. The number of nitrogens with one attached hydrogen (secondary N) is 1. The summed E-state index contributed by atoms with van der Waals surface area (Å²) in [5.41, 5.74) is 3.02. The van der Waals surface area contributed by atoms with Crippen molar-refractivity contribution in [1.82, 2.24) is 5.43 Å². The highest BCUT2D eigenvalue weighted by Crippen LogP contribution is 2.39. The van der Waals surface area contributed by atoms with Gasteiger partial charge in [-0.05, 0) is 29.8 Å². The van der Waals surface area contributed by atoms with Gasteiger partial charge < -0.3 is 13.9 Å². The molecule has 7 heteroatoms. The number of benzene rings is 1. The standard InChI is InChI=1S/C13H9ClN2O4/c14-9-4-8(5-11-12(9)20-7-19-11)6-15-16-13(17)10-2-1-3-18-10/h1-6H,7H2,(H,16,17)/b15-6-. The summed E-state index contributed by atoms with van der Waals surface area (Å²) in [5.74, 6) is 0.823. The molecule has 6 nitrogen and oxygen atoms in total. The number of hydrazone groups is 1. The topological polar surface area (TPSA) is 73.1 Å². The van der Waals surface area contributed by atoms with E-state index in [2.05, 4.69) is 10.5 Å². The molecule has 20 heavy (non-hydrogen) atoms. The number of hydrogen-bond donors (Lipinski definition) is 1. The highest BCUT2D eigenvalue weighted by molar-refractivity contribution is 6.32. The Balaban J connectivity index is 1.70. The van der Waals surface area contributed by atoms with Crippen LogP contribution in [0, 0.1) is 0 Å². The number of carbonyl (C=O) groups excluding carboxylic acids is 1. The second-order valence-corrected chi connectivity index (χ2v) is 4.32. The third-order valence-corrected chi connectivity index (χ3v) is 2.85. The summed E-state index contributed by atoms with van der Waals surface area (Å²) in [6, 6.07) is 6.55. The minimum absolute atomic E-state index is 0.144. The molecule has 0 radical (unpaired) electrons. The molecule has 1 aliphatic heterocycles. The summed E-state index contributed by atoms with van der Waals surface area (Å²) in [6.45, 7) is 0.144. The van der Waals surface area contributed by atoms with Gasteiger partial charge in [-0.3, -0.25) is 4.79 Å². The van der Waals surface area contributed by atoms with Crippen LogP contribution < -0.4 is 14.9 Å². The van der Waals surface area contributed by atoms with Gasteiger partial charge in [0.1, 0.15) is 0 Å². The van der Waals surface area contributed by atoms with Crippen LogP contribution in [-0.2, 0) is 0 Å². The molecule has 1 aliphatic rings. The van der Waals surface area contributed by atoms with Gasteiger partial charge >= 0.3 is 5.91 Å². The number of halogens is 1. The van der Waals surface area contributed by atoms with Gasteiger partial charge in [0.15, 0.2) is 17.3 Å². The molecule has 0 bridgehead atoms. The Morgan fingerprint density at radius 1 is 1.40 bits per heavy atom. The largest absolute Gasteiger partial charge is 0.459 e. The van der Waals surface area contributed by atoms with Crippen LogP contribution in [0.2, 0.25) is 5.02 Å². The number of rotatable bonds is 3. The molecule has 0 unspecified atom stereocenters. The molecule has 0 saturated carbocycles. The average Bonchev–Trinajstić information content (AvgIpc) is 3.09. The van der Waals surface area contributed by atoms with Gasteiger partial charge in [-0.25, -0.2) is 5.43 Å². The highest BCUT2D eigenvalue weighted by Gasteiger charge is 2.17. The van der Waals surface area contributed by atoms with Crippen molar-refractivity contribution in [2.45, 2.75) is 0 Å². The van der Waals surface area contributed by atoms with Crippen molar-refractivity contribution >= 4 is 23.7 Å². The van der Waals surface area contributed by atoms with Crippen LogP contribution in [0.1, 0.15) is 16.1 Å². The van der Waals surface area contributed by atoms with E-state index in [4.69, 9.17) is 25.5 Å². The van der Waals surface area contributed by atoms with E-state index in [0.29, 0.717) is 22.1 Å². The van der Waals surface area contributed by atoms with Gasteiger partial charge in [-0.1, -0.05) is 11.6 Å². The smallest absolute Gasteiger partial charge is 0.307 e. The Morgan fingerprint density at radius 3 is 3.10 bits per heavy atom. The molecule has 2 aromatic rings. The molecule has 0 atom stereocenters. The van der Waals surface area contributed by atoms with E-state index in [1.807, 2.05) is 0 Å². The maximum atomic E-state index is 11.6. The Morgan fingerprint density at radius 2 is 2.30 bits per heavy atom. The summed E-state index contributed by atoms with van der Waals surface area (Å²) < 4.78 is 15.4. The third kappa shape index (κ3) is 2.46. The van der Waals surface area contributed by atoms with Gasteiger partial charge in [0, 0.05) is 0 Å². The Kier molecular flexibility index (Phi) is 3.30. The molecule has 1 amide bonds. The molecular formula is C13H9ClN2O4. The van der Waals surface area contributed by atoms with Gasteiger partial charge in [-0.2, -0.15) is 5.10 Å². The van der Waals surface area contributed by atoms with Gasteiger partial charge in [0.05, 0.1) is 17.5 Å². The summed E-state index contributed by atoms with van der Waals surface area (Å²) in [5, 5.41) is 4.25. The monoisotopic (exact) mass is 292 g/mol. The first-order valence-corrected chi connectivity index (χ1v) is 6.08. The molecule has 1 N–H and O–H groups in total. The molecule has 0 spiro atoms. The maximum Gasteiger partial charge on any atom is 0.307 e. The lowest BCUT2D eigenvalue weighted by atomic mass is 10.2. The Hall–Kier alpha value is -2.47. The first-order chi connectivity index (χ1) is 9.74. The van der Waals surface area contributed by atoms with E-state index in [1.54, 1.807) is 24.3 Å². The van der Waals surface area contributed by atoms with Crippen LogP contribution in [0.25, 0.3) is 0 Å². The number of fused-ring (bicyclic) bond motifs is 1. The van der Waals surface area contributed by atoms with Crippen molar-refractivity contribution in [2.75, 3.05) is 6.79 Å². The van der Waals surface area contributed by atoms with E-state index >= 15 is 0 Å². The van der Waals surface area contributed by atoms with E-state index in [1.165, 1.54) is 12.5 Å². The maximum absolute atomic E-state index is 11.6. The number of amides is 1. The van der Waals surface area contributed by atoms with Crippen LogP contribution >= 0.6 is 11.6 Å². The predicted molar refractivity (Wildman–Crippen MR) is 71.3 cm³/mol. The van der Waals surface area contributed by atoms with E-state index in [-0.39, 0.29) is 12.6 Å². The summed E-state index contributed by atoms with van der Waals surface area (Å²) in [7, 11) is 0. The summed E-state index contributed by atoms with van der Waals surface area (Å²) >= 11 is 6.03. The lowest BCUT2D eigenvalue weighted by molar-refractivity contribution is 0.0927. The lowest BCUT2D eigenvalue weighted by Gasteiger charge is -2.00. The minimum Gasteiger partial charge on any atom is -0.459 e. The lowest BCUT2D eigenvalue weighted by Crippen LogP contribution is -2.16. The molecule has 0 saturated heterocycles. The van der Waals surface area contributed by atoms with Crippen molar-refractivity contribution in [3.63, 3.8) is 0 Å². The van der Waals surface area contributed by atoms with Crippen molar-refractivity contribution < 1.29 is 18.7 Å². The molecule has 1 aromatic heterocycles. The molecule has 0 aliphatic carbocycles. The van der Waals surface area contributed by atoms with Gasteiger partial charge in [0.25, 0.3) is 0 Å². The second kappa shape index (κ2) is 5.26. The fourth-order valence-electron chi connectivity index (χ4n) is 1.69. The fourth-order valence-corrected chi connectivity index (χ4v) is 1.96. The summed E-state index contributed by atoms with van der Waals surface area (Å²) in [4.78, 5) is 11.6. The minimum atomic E-state index is -0.432. The van der Waals surface area contributed by atoms with Crippen LogP contribution in [0.3, 0.4) is 0 Å². The van der Waals surface area contributed by atoms with Crippen LogP contribution in [-0.4, -0.2) is 18.9 Å². The van der Waals surface area contributed by atoms with Gasteiger partial charge in [-0.15, -0.1) is 0 Å². The van der Waals surface area contributed by atoms with Crippen LogP contribution in [0.5, 0.6) is 11.5 Å². The number of furan rings is 1. The quantitative estimate of drug-likeness (QED) is 0.696. The number of ether oxygens (including phenoxy) is 2. The Labute approximate surface area is 118 Å². The molecule has 102 valence electrons. The summed E-state index contributed by atoms with van der Waals surface area (Å²) in [6.07, 6.45) is 2.87. The fraction of sp³-hybridized carbons (Fsp3) is 0.0769. The van der Waals surface area contributed by atoms with E-state index < -0.39 is 5.91 Å². The average molecular weight is 293 g/mol. The first-order valence-electron chi connectivity index (χ1n) is 5.70. The van der Waals surface area contributed by atoms with Crippen molar-refractivity contribution in [1.29, 1.82) is 0 Å². The van der Waals surface area contributed by atoms with Crippen molar-refractivity contribution in [2.24, 2.45) is 5.10 Å². The zero-order chi connectivity index (χ0) is 13.9.